The maximum Gasteiger partial charge on any atom is 0.316 e. The first-order valence-electron chi connectivity index (χ1n) is 6.91. The summed E-state index contributed by atoms with van der Waals surface area (Å²) < 4.78 is 0. The number of amides is 2. The van der Waals surface area contributed by atoms with Gasteiger partial charge < -0.3 is 14.9 Å². The SMILES string of the molecule is CCN(CCO)C(=O)C(=O)N1c2ccccc2CC1C. The number of nitrogens with zero attached hydrogens (tertiary/aromatic N) is 2. The van der Waals surface area contributed by atoms with Crippen LogP contribution in [-0.2, 0) is 16.0 Å². The number of hydrogen-bond acceptors (Lipinski definition) is 3. The molecule has 5 nitrogen and oxygen atoms in total. The zero-order valence-electron chi connectivity index (χ0n) is 11.9. The molecule has 0 spiro atoms. The van der Waals surface area contributed by atoms with Crippen LogP contribution in [0, 0.1) is 0 Å². The normalized spacial score (nSPS) is 16.9. The van der Waals surface area contributed by atoms with Crippen molar-refractivity contribution in [2.45, 2.75) is 26.3 Å². The molecule has 0 aromatic heterocycles. The zero-order chi connectivity index (χ0) is 14.7. The van der Waals surface area contributed by atoms with Gasteiger partial charge in [0.2, 0.25) is 0 Å². The minimum absolute atomic E-state index is 0.0170. The van der Waals surface area contributed by atoms with E-state index in [-0.39, 0.29) is 19.2 Å². The summed E-state index contributed by atoms with van der Waals surface area (Å²) in [6.07, 6.45) is 0.765. The number of hydrogen-bond donors (Lipinski definition) is 1. The van der Waals surface area contributed by atoms with Crippen molar-refractivity contribution in [3.8, 4) is 0 Å². The summed E-state index contributed by atoms with van der Waals surface area (Å²) in [7, 11) is 0. The Balaban J connectivity index is 2.23. The van der Waals surface area contributed by atoms with Crippen LogP contribution in [0.5, 0.6) is 0 Å². The van der Waals surface area contributed by atoms with Gasteiger partial charge in [-0.3, -0.25) is 9.59 Å². The molecule has 108 valence electrons. The molecular formula is C15H20N2O3. The van der Waals surface area contributed by atoms with E-state index in [1.165, 1.54) is 4.90 Å². The van der Waals surface area contributed by atoms with Crippen LogP contribution in [0.4, 0.5) is 5.69 Å². The first-order valence-corrected chi connectivity index (χ1v) is 6.91. The Bertz CT molecular complexity index is 516. The second kappa shape index (κ2) is 6.05. The summed E-state index contributed by atoms with van der Waals surface area (Å²) in [5.74, 6) is -1.07. The largest absolute Gasteiger partial charge is 0.395 e. The Labute approximate surface area is 118 Å². The Hall–Kier alpha value is -1.88. The number of benzene rings is 1. The number of para-hydroxylation sites is 1. The lowest BCUT2D eigenvalue weighted by Gasteiger charge is -2.26. The average molecular weight is 276 g/mol. The lowest BCUT2D eigenvalue weighted by atomic mass is 10.1. The molecule has 5 heteroatoms. The van der Waals surface area contributed by atoms with E-state index in [2.05, 4.69) is 0 Å². The topological polar surface area (TPSA) is 60.9 Å². The maximum atomic E-state index is 12.4. The summed E-state index contributed by atoms with van der Waals surface area (Å²) in [6, 6.07) is 7.64. The van der Waals surface area contributed by atoms with Gasteiger partial charge in [0.15, 0.2) is 0 Å². The van der Waals surface area contributed by atoms with E-state index in [1.807, 2.05) is 31.2 Å². The van der Waals surface area contributed by atoms with E-state index < -0.39 is 11.8 Å². The van der Waals surface area contributed by atoms with E-state index in [1.54, 1.807) is 11.8 Å². The van der Waals surface area contributed by atoms with Crippen LogP contribution in [0.1, 0.15) is 19.4 Å². The lowest BCUT2D eigenvalue weighted by Crippen LogP contribution is -2.48. The molecule has 20 heavy (non-hydrogen) atoms. The average Bonchev–Trinajstić information content (AvgIpc) is 2.79. The van der Waals surface area contributed by atoms with Crippen molar-refractivity contribution in [1.82, 2.24) is 4.90 Å². The fourth-order valence-electron chi connectivity index (χ4n) is 2.64. The molecule has 0 saturated heterocycles. The third kappa shape index (κ3) is 2.54. The fourth-order valence-corrected chi connectivity index (χ4v) is 2.64. The lowest BCUT2D eigenvalue weighted by molar-refractivity contribution is -0.144. The van der Waals surface area contributed by atoms with Crippen LogP contribution < -0.4 is 4.90 Å². The highest BCUT2D eigenvalue weighted by Crippen LogP contribution is 2.31. The van der Waals surface area contributed by atoms with Gasteiger partial charge in [-0.25, -0.2) is 0 Å². The molecule has 1 aromatic rings. The second-order valence-electron chi connectivity index (χ2n) is 4.97. The van der Waals surface area contributed by atoms with Crippen molar-refractivity contribution in [2.24, 2.45) is 0 Å². The van der Waals surface area contributed by atoms with Crippen LogP contribution in [0.3, 0.4) is 0 Å². The van der Waals surface area contributed by atoms with Crippen LogP contribution in [0.15, 0.2) is 24.3 Å². The molecular weight excluding hydrogens is 256 g/mol. The molecule has 0 bridgehead atoms. The van der Waals surface area contributed by atoms with Gasteiger partial charge in [-0.1, -0.05) is 18.2 Å². The van der Waals surface area contributed by atoms with Crippen LogP contribution in [-0.4, -0.2) is 47.6 Å². The van der Waals surface area contributed by atoms with E-state index in [0.717, 1.165) is 17.7 Å². The van der Waals surface area contributed by atoms with E-state index in [4.69, 9.17) is 5.11 Å². The highest BCUT2D eigenvalue weighted by Gasteiger charge is 2.35. The highest BCUT2D eigenvalue weighted by atomic mass is 16.3. The molecule has 1 aromatic carbocycles. The number of rotatable bonds is 3. The Morgan fingerprint density at radius 3 is 2.75 bits per heavy atom. The summed E-state index contributed by atoms with van der Waals surface area (Å²) >= 11 is 0. The van der Waals surface area contributed by atoms with Gasteiger partial charge in [0, 0.05) is 24.8 Å². The highest BCUT2D eigenvalue weighted by molar-refractivity contribution is 6.40. The van der Waals surface area contributed by atoms with Gasteiger partial charge >= 0.3 is 11.8 Å². The third-order valence-electron chi connectivity index (χ3n) is 3.65. The predicted molar refractivity (Wildman–Crippen MR) is 76.4 cm³/mol. The van der Waals surface area contributed by atoms with Crippen LogP contribution >= 0.6 is 0 Å². The second-order valence-corrected chi connectivity index (χ2v) is 4.97. The maximum absolute atomic E-state index is 12.4. The third-order valence-corrected chi connectivity index (χ3v) is 3.65. The van der Waals surface area contributed by atoms with Crippen molar-refractivity contribution >= 4 is 17.5 Å². The van der Waals surface area contributed by atoms with E-state index in [9.17, 15) is 9.59 Å². The number of carbonyl (C=O) groups excluding carboxylic acids is 2. The van der Waals surface area contributed by atoms with Gasteiger partial charge in [0.25, 0.3) is 0 Å². The number of aliphatic hydroxyl groups excluding tert-OH is 1. The summed E-state index contributed by atoms with van der Waals surface area (Å²) in [5, 5.41) is 8.95. The van der Waals surface area contributed by atoms with Gasteiger partial charge in [0.1, 0.15) is 0 Å². The molecule has 1 atom stereocenters. The number of likely N-dealkylation sites (N-methyl/N-ethyl adjacent to an activating group) is 1. The molecule has 2 rings (SSSR count). The first kappa shape index (κ1) is 14.5. The number of anilines is 1. The monoisotopic (exact) mass is 276 g/mol. The standard InChI is InChI=1S/C15H20N2O3/c1-3-16(8-9-18)14(19)15(20)17-11(2)10-12-6-4-5-7-13(12)17/h4-7,11,18H,3,8-10H2,1-2H3. The quantitative estimate of drug-likeness (QED) is 0.831. The van der Waals surface area contributed by atoms with E-state index in [0.29, 0.717) is 6.54 Å². The molecule has 2 amide bonds. The minimum atomic E-state index is -0.551. The molecule has 0 fully saturated rings. The van der Waals surface area contributed by atoms with Gasteiger partial charge in [0.05, 0.1) is 6.61 Å². The first-order chi connectivity index (χ1) is 9.60. The van der Waals surface area contributed by atoms with Crippen molar-refractivity contribution < 1.29 is 14.7 Å². The molecule has 1 heterocycles. The van der Waals surface area contributed by atoms with Gasteiger partial charge in [-0.2, -0.15) is 0 Å². The fraction of sp³-hybridized carbons (Fsp3) is 0.467. The predicted octanol–water partition coefficient (Wildman–Crippen LogP) is 0.805. The summed E-state index contributed by atoms with van der Waals surface area (Å²) in [4.78, 5) is 27.6. The molecule has 1 N–H and O–H groups in total. The van der Waals surface area contributed by atoms with Crippen molar-refractivity contribution in [1.29, 1.82) is 0 Å². The van der Waals surface area contributed by atoms with Gasteiger partial charge in [-0.15, -0.1) is 0 Å². The van der Waals surface area contributed by atoms with Crippen LogP contribution in [0.25, 0.3) is 0 Å². The number of fused-ring (bicyclic) bond motifs is 1. The van der Waals surface area contributed by atoms with Crippen molar-refractivity contribution in [3.05, 3.63) is 29.8 Å². The molecule has 1 aliphatic heterocycles. The van der Waals surface area contributed by atoms with Crippen molar-refractivity contribution in [2.75, 3.05) is 24.6 Å². The van der Waals surface area contributed by atoms with Crippen LogP contribution in [0.2, 0.25) is 0 Å². The zero-order valence-corrected chi connectivity index (χ0v) is 11.9. The number of carbonyl (C=O) groups is 2. The van der Waals surface area contributed by atoms with Gasteiger partial charge in [-0.05, 0) is 31.9 Å². The van der Waals surface area contributed by atoms with Crippen molar-refractivity contribution in [3.63, 3.8) is 0 Å². The van der Waals surface area contributed by atoms with E-state index >= 15 is 0 Å². The molecule has 0 radical (unpaired) electrons. The smallest absolute Gasteiger partial charge is 0.316 e. The number of aliphatic hydroxyl groups is 1. The summed E-state index contributed by atoms with van der Waals surface area (Å²) in [5.41, 5.74) is 1.91. The molecule has 1 aliphatic rings. The molecule has 0 aliphatic carbocycles. The Kier molecular flexibility index (Phi) is 4.39. The molecule has 1 unspecified atom stereocenters. The molecule has 0 saturated carbocycles. The minimum Gasteiger partial charge on any atom is -0.395 e. The Morgan fingerprint density at radius 2 is 2.10 bits per heavy atom. The summed E-state index contributed by atoms with van der Waals surface area (Å²) in [6.45, 7) is 4.19. The Morgan fingerprint density at radius 1 is 1.40 bits per heavy atom.